The van der Waals surface area contributed by atoms with Crippen molar-refractivity contribution < 1.29 is 9.53 Å². The van der Waals surface area contributed by atoms with E-state index in [9.17, 15) is 4.79 Å². The second-order valence-electron chi connectivity index (χ2n) is 10.0. The van der Waals surface area contributed by atoms with Gasteiger partial charge >= 0.3 is 0 Å². The average Bonchev–Trinajstić information content (AvgIpc) is 3.53. The van der Waals surface area contributed by atoms with Crippen LogP contribution in [0, 0.1) is 0 Å². The standard InChI is InChI=1S/C27H35N7O2/c1-32(2)10-11-33(3)21-14-19(24-25(30-15-29-24)23(21)27(28)35)17-12-20-26(22(13-17)36-4)34(16-31-20)18-8-6-5-7-9-18/h12-16,18H,5-11H2,1-4H3,(H2,28,35)(H,29,30). The maximum Gasteiger partial charge on any atom is 0.253 e. The van der Waals surface area contributed by atoms with Crippen LogP contribution in [0.3, 0.4) is 0 Å². The van der Waals surface area contributed by atoms with E-state index in [0.29, 0.717) is 22.6 Å². The summed E-state index contributed by atoms with van der Waals surface area (Å²) in [5.74, 6) is 0.303. The average molecular weight is 490 g/mol. The second kappa shape index (κ2) is 9.81. The second-order valence-corrected chi connectivity index (χ2v) is 10.0. The molecule has 1 aliphatic rings. The summed E-state index contributed by atoms with van der Waals surface area (Å²) >= 11 is 0. The number of benzene rings is 2. The number of ether oxygens (including phenoxy) is 1. The van der Waals surface area contributed by atoms with Crippen LogP contribution in [-0.4, -0.2) is 71.7 Å². The summed E-state index contributed by atoms with van der Waals surface area (Å²) < 4.78 is 8.19. The van der Waals surface area contributed by atoms with Crippen molar-refractivity contribution in [2.24, 2.45) is 5.73 Å². The van der Waals surface area contributed by atoms with Gasteiger partial charge < -0.3 is 29.8 Å². The van der Waals surface area contributed by atoms with E-state index in [1.54, 1.807) is 13.4 Å². The molecule has 1 amide bonds. The lowest BCUT2D eigenvalue weighted by Gasteiger charge is -2.25. The molecule has 190 valence electrons. The zero-order valence-electron chi connectivity index (χ0n) is 21.5. The van der Waals surface area contributed by atoms with Crippen LogP contribution < -0.4 is 15.4 Å². The number of nitrogens with two attached hydrogens (primary N) is 1. The minimum atomic E-state index is -0.484. The molecule has 9 nitrogen and oxygen atoms in total. The van der Waals surface area contributed by atoms with Crippen molar-refractivity contribution in [3.63, 3.8) is 0 Å². The topological polar surface area (TPSA) is 105 Å². The number of aromatic amines is 1. The number of H-pyrrole nitrogens is 1. The maximum absolute atomic E-state index is 12.6. The number of rotatable bonds is 8. The van der Waals surface area contributed by atoms with Gasteiger partial charge in [-0.05, 0) is 50.7 Å². The Morgan fingerprint density at radius 2 is 1.92 bits per heavy atom. The number of methoxy groups -OCH3 is 1. The normalized spacial score (nSPS) is 14.7. The molecule has 3 N–H and O–H groups in total. The summed E-state index contributed by atoms with van der Waals surface area (Å²) in [5, 5.41) is 0. The number of nitrogens with zero attached hydrogens (tertiary/aromatic N) is 5. The highest BCUT2D eigenvalue weighted by Gasteiger charge is 2.24. The first-order chi connectivity index (χ1) is 17.4. The number of hydrogen-bond acceptors (Lipinski definition) is 6. The Kier molecular flexibility index (Phi) is 6.57. The third-order valence-corrected chi connectivity index (χ3v) is 7.36. The van der Waals surface area contributed by atoms with Crippen molar-refractivity contribution in [3.05, 3.63) is 36.4 Å². The molecule has 9 heteroatoms. The van der Waals surface area contributed by atoms with Crippen molar-refractivity contribution >= 4 is 33.7 Å². The fourth-order valence-corrected chi connectivity index (χ4v) is 5.42. The number of nitrogens with one attached hydrogen (secondary N) is 1. The number of amides is 1. The molecule has 0 bridgehead atoms. The quantitative estimate of drug-likeness (QED) is 0.385. The van der Waals surface area contributed by atoms with Crippen LogP contribution in [0.5, 0.6) is 5.75 Å². The van der Waals surface area contributed by atoms with Gasteiger partial charge in [-0.1, -0.05) is 19.3 Å². The van der Waals surface area contributed by atoms with E-state index >= 15 is 0 Å². The summed E-state index contributed by atoms with van der Waals surface area (Å²) in [4.78, 5) is 29.2. The Morgan fingerprint density at radius 1 is 1.14 bits per heavy atom. The molecule has 0 saturated heterocycles. The molecule has 0 atom stereocenters. The molecule has 0 aliphatic heterocycles. The minimum absolute atomic E-state index is 0.446. The minimum Gasteiger partial charge on any atom is -0.494 e. The molecule has 0 radical (unpaired) electrons. The molecule has 2 heterocycles. The first-order valence-corrected chi connectivity index (χ1v) is 12.6. The molecule has 5 rings (SSSR count). The van der Waals surface area contributed by atoms with Crippen molar-refractivity contribution in [2.45, 2.75) is 38.1 Å². The Balaban J connectivity index is 1.67. The van der Waals surface area contributed by atoms with E-state index in [1.165, 1.54) is 32.1 Å². The Bertz CT molecular complexity index is 1400. The van der Waals surface area contributed by atoms with Gasteiger partial charge in [0.2, 0.25) is 0 Å². The van der Waals surface area contributed by atoms with E-state index in [-0.39, 0.29) is 0 Å². The van der Waals surface area contributed by atoms with Crippen LogP contribution in [0.1, 0.15) is 48.5 Å². The number of likely N-dealkylation sites (N-methyl/N-ethyl adjacent to an activating group) is 2. The molecule has 1 fully saturated rings. The summed E-state index contributed by atoms with van der Waals surface area (Å²) in [5.41, 5.74) is 12.2. The lowest BCUT2D eigenvalue weighted by atomic mass is 9.95. The van der Waals surface area contributed by atoms with E-state index in [0.717, 1.165) is 46.7 Å². The fourth-order valence-electron chi connectivity index (χ4n) is 5.42. The first kappa shape index (κ1) is 24.1. The van der Waals surface area contributed by atoms with Crippen molar-refractivity contribution in [1.29, 1.82) is 0 Å². The van der Waals surface area contributed by atoms with E-state index in [4.69, 9.17) is 15.5 Å². The van der Waals surface area contributed by atoms with Crippen LogP contribution >= 0.6 is 0 Å². The largest absolute Gasteiger partial charge is 0.494 e. The molecule has 2 aromatic heterocycles. The van der Waals surface area contributed by atoms with Gasteiger partial charge in [0, 0.05) is 31.7 Å². The number of carbonyl (C=O) groups excluding carboxylic acids is 1. The van der Waals surface area contributed by atoms with Gasteiger partial charge in [0.15, 0.2) is 0 Å². The fraction of sp³-hybridized carbons (Fsp3) is 0.444. The van der Waals surface area contributed by atoms with Crippen molar-refractivity contribution in [3.8, 4) is 16.9 Å². The van der Waals surface area contributed by atoms with E-state index in [1.807, 2.05) is 33.5 Å². The molecular weight excluding hydrogens is 454 g/mol. The number of hydrogen-bond donors (Lipinski definition) is 2. The first-order valence-electron chi connectivity index (χ1n) is 12.6. The molecule has 4 aromatic rings. The Hall–Kier alpha value is -3.59. The molecular formula is C27H35N7O2. The molecule has 1 aliphatic carbocycles. The summed E-state index contributed by atoms with van der Waals surface area (Å²) in [6, 6.07) is 6.61. The Labute approximate surface area is 211 Å². The predicted molar refractivity (Wildman–Crippen MR) is 144 cm³/mol. The van der Waals surface area contributed by atoms with Crippen LogP contribution in [0.4, 0.5) is 5.69 Å². The summed E-state index contributed by atoms with van der Waals surface area (Å²) in [6.07, 6.45) is 9.70. The zero-order valence-corrected chi connectivity index (χ0v) is 21.5. The maximum atomic E-state index is 12.6. The van der Waals surface area contributed by atoms with Gasteiger partial charge in [-0.3, -0.25) is 4.79 Å². The van der Waals surface area contributed by atoms with Crippen LogP contribution in [0.2, 0.25) is 0 Å². The lowest BCUT2D eigenvalue weighted by Crippen LogP contribution is -2.30. The molecule has 36 heavy (non-hydrogen) atoms. The third-order valence-electron chi connectivity index (χ3n) is 7.36. The number of carbonyl (C=O) groups is 1. The van der Waals surface area contributed by atoms with Crippen molar-refractivity contribution in [1.82, 2.24) is 24.4 Å². The highest BCUT2D eigenvalue weighted by molar-refractivity contribution is 6.13. The van der Waals surface area contributed by atoms with E-state index in [2.05, 4.69) is 36.5 Å². The predicted octanol–water partition coefficient (Wildman–Crippen LogP) is 4.19. The van der Waals surface area contributed by atoms with Gasteiger partial charge in [-0.2, -0.15) is 0 Å². The highest BCUT2D eigenvalue weighted by Crippen LogP contribution is 2.40. The highest BCUT2D eigenvalue weighted by atomic mass is 16.5. The number of aromatic nitrogens is 4. The molecule has 0 spiro atoms. The molecule has 2 aromatic carbocycles. The van der Waals surface area contributed by atoms with Crippen molar-refractivity contribution in [2.75, 3.05) is 46.2 Å². The van der Waals surface area contributed by atoms with Gasteiger partial charge in [0.1, 0.15) is 11.3 Å². The molecule has 1 saturated carbocycles. The van der Waals surface area contributed by atoms with E-state index < -0.39 is 5.91 Å². The SMILES string of the molecule is COc1cc(-c2cc(N(C)CCN(C)C)c(C(N)=O)c3[nH]cnc23)cc2ncn(C3CCCCC3)c12. The van der Waals surface area contributed by atoms with Gasteiger partial charge in [-0.25, -0.2) is 9.97 Å². The van der Waals surface area contributed by atoms with Crippen LogP contribution in [-0.2, 0) is 0 Å². The zero-order chi connectivity index (χ0) is 25.4. The van der Waals surface area contributed by atoms with Gasteiger partial charge in [0.25, 0.3) is 5.91 Å². The smallest absolute Gasteiger partial charge is 0.253 e. The van der Waals surface area contributed by atoms with Crippen LogP contribution in [0.25, 0.3) is 33.2 Å². The van der Waals surface area contributed by atoms with Gasteiger partial charge in [-0.15, -0.1) is 0 Å². The third kappa shape index (κ3) is 4.28. The molecule has 0 unspecified atom stereocenters. The number of anilines is 1. The Morgan fingerprint density at radius 3 is 2.61 bits per heavy atom. The lowest BCUT2D eigenvalue weighted by molar-refractivity contribution is 0.100. The number of fused-ring (bicyclic) bond motifs is 2. The summed E-state index contributed by atoms with van der Waals surface area (Å²) in [6.45, 7) is 1.57. The summed E-state index contributed by atoms with van der Waals surface area (Å²) in [7, 11) is 7.74. The van der Waals surface area contributed by atoms with Gasteiger partial charge in [0.05, 0.1) is 47.6 Å². The monoisotopic (exact) mass is 489 g/mol. The van der Waals surface area contributed by atoms with Crippen LogP contribution in [0.15, 0.2) is 30.9 Å². The number of imidazole rings is 2. The number of primary amides is 1.